The summed E-state index contributed by atoms with van der Waals surface area (Å²) in [6.45, 7) is 0. The quantitative estimate of drug-likeness (QED) is 0.707. The molecule has 2 heteroatoms. The van der Waals surface area contributed by atoms with Crippen LogP contribution in [-0.4, -0.2) is 11.3 Å². The Morgan fingerprint density at radius 2 is 1.93 bits per heavy atom. The van der Waals surface area contributed by atoms with Gasteiger partial charge in [-0.15, -0.1) is 0 Å². The van der Waals surface area contributed by atoms with Gasteiger partial charge in [-0.1, -0.05) is 30.3 Å². The van der Waals surface area contributed by atoms with Crippen molar-refractivity contribution in [1.29, 1.82) is 0 Å². The minimum absolute atomic E-state index is 0.717. The number of carbonyl (C=O) groups is 1. The first-order valence-corrected chi connectivity index (χ1v) is 4.82. The normalized spacial score (nSPS) is 9.87. The van der Waals surface area contributed by atoms with Gasteiger partial charge < -0.3 is 0 Å². The molecule has 0 atom stereocenters. The molecule has 0 aliphatic carbocycles. The highest BCUT2D eigenvalue weighted by molar-refractivity contribution is 5.77. The Morgan fingerprint density at radius 1 is 1.13 bits per heavy atom. The maximum Gasteiger partial charge on any atom is 0.150 e. The summed E-state index contributed by atoms with van der Waals surface area (Å²) in [6.07, 6.45) is 5.01. The van der Waals surface area contributed by atoms with Crippen LogP contribution in [0.25, 0.3) is 0 Å². The smallest absolute Gasteiger partial charge is 0.150 e. The molecule has 1 aromatic carbocycles. The van der Waals surface area contributed by atoms with Gasteiger partial charge in [0, 0.05) is 18.0 Å². The van der Waals surface area contributed by atoms with Gasteiger partial charge in [0.1, 0.15) is 6.29 Å². The van der Waals surface area contributed by atoms with Gasteiger partial charge in [0.2, 0.25) is 0 Å². The molecular weight excluding hydrogens is 186 g/mol. The van der Waals surface area contributed by atoms with Crippen molar-refractivity contribution in [3.05, 3.63) is 65.5 Å². The average molecular weight is 197 g/mol. The van der Waals surface area contributed by atoms with E-state index >= 15 is 0 Å². The van der Waals surface area contributed by atoms with E-state index in [1.165, 1.54) is 5.56 Å². The van der Waals surface area contributed by atoms with Crippen LogP contribution in [0.4, 0.5) is 0 Å². The summed E-state index contributed by atoms with van der Waals surface area (Å²) >= 11 is 0. The fraction of sp³-hybridized carbons (Fsp3) is 0.0769. The molecule has 0 unspecified atom stereocenters. The van der Waals surface area contributed by atoms with E-state index in [0.29, 0.717) is 5.56 Å². The van der Waals surface area contributed by atoms with E-state index in [2.05, 4.69) is 4.98 Å². The van der Waals surface area contributed by atoms with Crippen molar-refractivity contribution in [2.24, 2.45) is 0 Å². The summed E-state index contributed by atoms with van der Waals surface area (Å²) in [5.41, 5.74) is 2.88. The molecule has 0 fully saturated rings. The highest BCUT2D eigenvalue weighted by atomic mass is 16.1. The SMILES string of the molecule is O=Cc1ccncc1Cc1ccccc1. The van der Waals surface area contributed by atoms with Crippen LogP contribution in [0, 0.1) is 0 Å². The zero-order valence-electron chi connectivity index (χ0n) is 8.26. The van der Waals surface area contributed by atoms with E-state index in [9.17, 15) is 4.79 Å². The number of hydrogen-bond donors (Lipinski definition) is 0. The highest BCUT2D eigenvalue weighted by Gasteiger charge is 2.01. The van der Waals surface area contributed by atoms with Crippen molar-refractivity contribution in [3.8, 4) is 0 Å². The van der Waals surface area contributed by atoms with Crippen LogP contribution in [-0.2, 0) is 6.42 Å². The Labute approximate surface area is 88.6 Å². The minimum atomic E-state index is 0.717. The Balaban J connectivity index is 2.28. The largest absolute Gasteiger partial charge is 0.298 e. The number of carbonyl (C=O) groups excluding carboxylic acids is 1. The monoisotopic (exact) mass is 197 g/mol. The Morgan fingerprint density at radius 3 is 2.67 bits per heavy atom. The maximum absolute atomic E-state index is 10.8. The van der Waals surface area contributed by atoms with E-state index in [0.717, 1.165) is 18.3 Å². The average Bonchev–Trinajstić information content (AvgIpc) is 2.31. The van der Waals surface area contributed by atoms with Crippen LogP contribution in [0.2, 0.25) is 0 Å². The maximum atomic E-state index is 10.8. The third-order valence-electron chi connectivity index (χ3n) is 2.31. The van der Waals surface area contributed by atoms with E-state index in [1.54, 1.807) is 18.5 Å². The van der Waals surface area contributed by atoms with Crippen molar-refractivity contribution in [1.82, 2.24) is 4.98 Å². The molecule has 0 saturated heterocycles. The van der Waals surface area contributed by atoms with Gasteiger partial charge in [-0.05, 0) is 23.6 Å². The number of benzene rings is 1. The van der Waals surface area contributed by atoms with E-state index < -0.39 is 0 Å². The van der Waals surface area contributed by atoms with E-state index in [-0.39, 0.29) is 0 Å². The second-order valence-electron chi connectivity index (χ2n) is 3.35. The van der Waals surface area contributed by atoms with Crippen molar-refractivity contribution in [2.75, 3.05) is 0 Å². The predicted molar refractivity (Wildman–Crippen MR) is 58.9 cm³/mol. The van der Waals surface area contributed by atoms with Crippen LogP contribution < -0.4 is 0 Å². The van der Waals surface area contributed by atoms with Gasteiger partial charge in [-0.2, -0.15) is 0 Å². The molecule has 0 aliphatic heterocycles. The van der Waals surface area contributed by atoms with Gasteiger partial charge in [0.25, 0.3) is 0 Å². The van der Waals surface area contributed by atoms with Crippen molar-refractivity contribution in [2.45, 2.75) is 6.42 Å². The Hall–Kier alpha value is -1.96. The first-order chi connectivity index (χ1) is 7.40. The molecule has 0 aliphatic rings. The van der Waals surface area contributed by atoms with Gasteiger partial charge in [-0.25, -0.2) is 0 Å². The lowest BCUT2D eigenvalue weighted by molar-refractivity contribution is 0.112. The number of aromatic nitrogens is 1. The summed E-state index contributed by atoms with van der Waals surface area (Å²) < 4.78 is 0. The zero-order valence-corrected chi connectivity index (χ0v) is 8.26. The summed E-state index contributed by atoms with van der Waals surface area (Å²) in [5.74, 6) is 0. The molecule has 0 saturated carbocycles. The first kappa shape index (κ1) is 9.59. The lowest BCUT2D eigenvalue weighted by atomic mass is 10.0. The molecule has 2 rings (SSSR count). The molecule has 0 N–H and O–H groups in total. The third-order valence-corrected chi connectivity index (χ3v) is 2.31. The topological polar surface area (TPSA) is 30.0 Å². The molecule has 0 radical (unpaired) electrons. The van der Waals surface area contributed by atoms with Crippen molar-refractivity contribution >= 4 is 6.29 Å². The van der Waals surface area contributed by atoms with Crippen LogP contribution in [0.15, 0.2) is 48.8 Å². The lowest BCUT2D eigenvalue weighted by Gasteiger charge is -2.03. The van der Waals surface area contributed by atoms with Crippen LogP contribution in [0.3, 0.4) is 0 Å². The number of rotatable bonds is 3. The summed E-state index contributed by atoms with van der Waals surface area (Å²) in [4.78, 5) is 14.8. The zero-order chi connectivity index (χ0) is 10.5. The second kappa shape index (κ2) is 4.51. The molecule has 0 spiro atoms. The Kier molecular flexibility index (Phi) is 2.88. The number of nitrogens with zero attached hydrogens (tertiary/aromatic N) is 1. The van der Waals surface area contributed by atoms with Crippen LogP contribution >= 0.6 is 0 Å². The minimum Gasteiger partial charge on any atom is -0.298 e. The second-order valence-corrected chi connectivity index (χ2v) is 3.35. The van der Waals surface area contributed by atoms with Gasteiger partial charge in [0.15, 0.2) is 0 Å². The molecule has 2 nitrogen and oxygen atoms in total. The lowest BCUT2D eigenvalue weighted by Crippen LogP contribution is -1.95. The predicted octanol–water partition coefficient (Wildman–Crippen LogP) is 2.48. The van der Waals surface area contributed by atoms with E-state index in [1.807, 2.05) is 30.3 Å². The van der Waals surface area contributed by atoms with Crippen molar-refractivity contribution in [3.63, 3.8) is 0 Å². The standard InChI is InChI=1S/C13H11NO/c15-10-12-6-7-14-9-13(12)8-11-4-2-1-3-5-11/h1-7,9-10H,8H2. The Bertz CT molecular complexity index is 451. The number of aldehydes is 1. The fourth-order valence-electron chi connectivity index (χ4n) is 1.52. The molecule has 74 valence electrons. The van der Waals surface area contributed by atoms with Gasteiger partial charge in [-0.3, -0.25) is 9.78 Å². The molecule has 15 heavy (non-hydrogen) atoms. The van der Waals surface area contributed by atoms with Crippen LogP contribution in [0.5, 0.6) is 0 Å². The summed E-state index contributed by atoms with van der Waals surface area (Å²) in [6, 6.07) is 11.8. The van der Waals surface area contributed by atoms with Gasteiger partial charge in [0.05, 0.1) is 0 Å². The van der Waals surface area contributed by atoms with Crippen LogP contribution in [0.1, 0.15) is 21.5 Å². The number of pyridine rings is 1. The molecule has 0 amide bonds. The number of hydrogen-bond acceptors (Lipinski definition) is 2. The first-order valence-electron chi connectivity index (χ1n) is 4.82. The molecule has 2 aromatic rings. The summed E-state index contributed by atoms with van der Waals surface area (Å²) in [7, 11) is 0. The highest BCUT2D eigenvalue weighted by Crippen LogP contribution is 2.11. The fourth-order valence-corrected chi connectivity index (χ4v) is 1.52. The van der Waals surface area contributed by atoms with E-state index in [4.69, 9.17) is 0 Å². The third kappa shape index (κ3) is 2.29. The molecule has 1 heterocycles. The summed E-state index contributed by atoms with van der Waals surface area (Å²) in [5, 5.41) is 0. The molecular formula is C13H11NO. The van der Waals surface area contributed by atoms with Gasteiger partial charge >= 0.3 is 0 Å². The molecule has 0 bridgehead atoms. The van der Waals surface area contributed by atoms with Crippen molar-refractivity contribution < 1.29 is 4.79 Å². The molecule has 1 aromatic heterocycles.